The maximum absolute atomic E-state index is 13.2. The number of thiophene rings is 1. The zero-order valence-electron chi connectivity index (χ0n) is 20.4. The number of piperidine rings is 1. The normalized spacial score (nSPS) is 21.0. The molecule has 0 aromatic carbocycles. The number of carbonyl (C=O) groups is 2. The van der Waals surface area contributed by atoms with Crippen molar-refractivity contribution in [3.63, 3.8) is 0 Å². The van der Waals surface area contributed by atoms with Crippen molar-refractivity contribution in [2.45, 2.75) is 44.2 Å². The zero-order chi connectivity index (χ0) is 24.2. The molecule has 0 bridgehead atoms. The Morgan fingerprint density at radius 3 is 2.82 bits per heavy atom. The zero-order valence-corrected chi connectivity index (χ0v) is 21.2. The van der Waals surface area contributed by atoms with Crippen LogP contribution in [0.5, 0.6) is 0 Å². The number of methoxy groups -OCH3 is 1. The van der Waals surface area contributed by atoms with Crippen molar-refractivity contribution >= 4 is 23.5 Å². The first-order chi connectivity index (χ1) is 16.6. The third-order valence-corrected chi connectivity index (χ3v) is 7.52. The molecule has 10 heteroatoms. The van der Waals surface area contributed by atoms with E-state index in [1.165, 1.54) is 7.11 Å². The monoisotopic (exact) mass is 496 g/mol. The molecular formula is C24H40N4O5S. The van der Waals surface area contributed by atoms with Crippen LogP contribution in [0.15, 0.2) is 17.5 Å². The first-order valence-electron chi connectivity index (χ1n) is 12.3. The number of urea groups is 1. The summed E-state index contributed by atoms with van der Waals surface area (Å²) >= 11 is 1.67. The molecule has 0 radical (unpaired) electrons. The van der Waals surface area contributed by atoms with E-state index in [0.29, 0.717) is 25.6 Å². The summed E-state index contributed by atoms with van der Waals surface area (Å²) in [5.41, 5.74) is 0. The van der Waals surface area contributed by atoms with Crippen molar-refractivity contribution in [3.8, 4) is 0 Å². The van der Waals surface area contributed by atoms with Gasteiger partial charge >= 0.3 is 12.1 Å². The lowest BCUT2D eigenvalue weighted by Crippen LogP contribution is -2.52. The van der Waals surface area contributed by atoms with Gasteiger partial charge in [-0.15, -0.1) is 11.3 Å². The van der Waals surface area contributed by atoms with Crippen LogP contribution < -0.4 is 16.0 Å². The van der Waals surface area contributed by atoms with E-state index < -0.39 is 6.09 Å². The van der Waals surface area contributed by atoms with Gasteiger partial charge < -0.3 is 35.1 Å². The second-order valence-electron chi connectivity index (χ2n) is 9.07. The Bertz CT molecular complexity index is 729. The Morgan fingerprint density at radius 2 is 2.12 bits per heavy atom. The molecule has 1 unspecified atom stereocenters. The molecule has 3 heterocycles. The predicted octanol–water partition coefficient (Wildman–Crippen LogP) is 2.99. The molecule has 2 aliphatic rings. The molecule has 0 spiro atoms. The lowest BCUT2D eigenvalue weighted by atomic mass is 9.91. The van der Waals surface area contributed by atoms with Crippen molar-refractivity contribution in [2.75, 3.05) is 60.2 Å². The number of hydrogen-bond donors (Lipinski definition) is 3. The third kappa shape index (κ3) is 8.41. The molecule has 2 aliphatic heterocycles. The van der Waals surface area contributed by atoms with Gasteiger partial charge in [0, 0.05) is 56.2 Å². The van der Waals surface area contributed by atoms with Crippen LogP contribution in [0.4, 0.5) is 9.59 Å². The second-order valence-corrected chi connectivity index (χ2v) is 10.0. The summed E-state index contributed by atoms with van der Waals surface area (Å²) in [6, 6.07) is 4.22. The van der Waals surface area contributed by atoms with Crippen LogP contribution in [0.3, 0.4) is 0 Å². The van der Waals surface area contributed by atoms with Gasteiger partial charge in [0.05, 0.1) is 19.8 Å². The van der Waals surface area contributed by atoms with Crippen LogP contribution in [-0.2, 0) is 14.2 Å². The Kier molecular flexibility index (Phi) is 11.4. The third-order valence-electron chi connectivity index (χ3n) is 6.59. The van der Waals surface area contributed by atoms with E-state index in [-0.39, 0.29) is 24.1 Å². The fourth-order valence-electron chi connectivity index (χ4n) is 4.85. The summed E-state index contributed by atoms with van der Waals surface area (Å²) in [5.74, 6) is 0.797. The largest absolute Gasteiger partial charge is 0.453 e. The van der Waals surface area contributed by atoms with Crippen molar-refractivity contribution in [3.05, 3.63) is 22.4 Å². The Hall–Kier alpha value is -1.88. The van der Waals surface area contributed by atoms with Gasteiger partial charge in [0.1, 0.15) is 0 Å². The van der Waals surface area contributed by atoms with Gasteiger partial charge in [-0.25, -0.2) is 9.59 Å². The number of alkyl carbamates (subject to hydrolysis) is 1. The molecule has 0 aliphatic carbocycles. The molecule has 3 atom stereocenters. The molecule has 1 aromatic rings. The van der Waals surface area contributed by atoms with Gasteiger partial charge in [0.2, 0.25) is 0 Å². The summed E-state index contributed by atoms with van der Waals surface area (Å²) in [6.07, 6.45) is 4.47. The highest BCUT2D eigenvalue weighted by Gasteiger charge is 2.32. The minimum atomic E-state index is -0.464. The van der Waals surface area contributed by atoms with Gasteiger partial charge in [0.25, 0.3) is 0 Å². The molecule has 9 nitrogen and oxygen atoms in total. The standard InChI is InChI=1S/C24H40N4O5S/c1-25-16-20(15-18-7-11-32-12-8-18)27-23(29)28-10-3-5-19(17-28)22(21-6-4-14-34-21)33-13-9-26-24(30)31-2/h4,6,14,18-20,22,25H,3,5,7-13,15-17H2,1-2H3,(H,26,30)(H,27,29)/t19-,20-,22?/m0/s1. The molecule has 3 rings (SSSR count). The van der Waals surface area contributed by atoms with Crippen LogP contribution in [-0.4, -0.2) is 83.2 Å². The lowest BCUT2D eigenvalue weighted by molar-refractivity contribution is -0.00655. The average Bonchev–Trinajstić information content (AvgIpc) is 3.39. The van der Waals surface area contributed by atoms with E-state index in [1.54, 1.807) is 11.3 Å². The van der Waals surface area contributed by atoms with Gasteiger partial charge in [-0.2, -0.15) is 0 Å². The first-order valence-corrected chi connectivity index (χ1v) is 13.2. The van der Waals surface area contributed by atoms with Gasteiger partial charge in [-0.05, 0) is 56.5 Å². The molecule has 192 valence electrons. The highest BCUT2D eigenvalue weighted by molar-refractivity contribution is 7.10. The summed E-state index contributed by atoms with van der Waals surface area (Å²) in [7, 11) is 3.27. The number of rotatable bonds is 11. The number of nitrogens with one attached hydrogen (secondary N) is 3. The summed E-state index contributed by atoms with van der Waals surface area (Å²) in [4.78, 5) is 27.6. The molecular weight excluding hydrogens is 456 g/mol. The fraction of sp³-hybridized carbons (Fsp3) is 0.750. The van der Waals surface area contributed by atoms with Crippen LogP contribution in [0.25, 0.3) is 0 Å². The Balaban J connectivity index is 1.55. The SMILES string of the molecule is CNC[C@H](CC1CCOCC1)NC(=O)N1CCC[C@H](C(OCCNC(=O)OC)c2cccs2)C1. The van der Waals surface area contributed by atoms with Gasteiger partial charge in [0.15, 0.2) is 0 Å². The topological polar surface area (TPSA) is 101 Å². The smallest absolute Gasteiger partial charge is 0.406 e. The fourth-order valence-corrected chi connectivity index (χ4v) is 5.71. The van der Waals surface area contributed by atoms with E-state index in [4.69, 9.17) is 9.47 Å². The van der Waals surface area contributed by atoms with Crippen LogP contribution in [0.2, 0.25) is 0 Å². The molecule has 1 aromatic heterocycles. The molecule has 3 amide bonds. The van der Waals surface area contributed by atoms with Crippen LogP contribution in [0, 0.1) is 11.8 Å². The number of likely N-dealkylation sites (N-methyl/N-ethyl adjacent to an activating group) is 1. The average molecular weight is 497 g/mol. The highest BCUT2D eigenvalue weighted by Crippen LogP contribution is 2.35. The number of nitrogens with zero attached hydrogens (tertiary/aromatic N) is 1. The van der Waals surface area contributed by atoms with Crippen LogP contribution in [0.1, 0.15) is 43.1 Å². The van der Waals surface area contributed by atoms with E-state index in [9.17, 15) is 9.59 Å². The van der Waals surface area contributed by atoms with Crippen molar-refractivity contribution in [1.29, 1.82) is 0 Å². The predicted molar refractivity (Wildman–Crippen MR) is 132 cm³/mol. The number of hydrogen-bond acceptors (Lipinski definition) is 7. The molecule has 3 N–H and O–H groups in total. The Morgan fingerprint density at radius 1 is 1.29 bits per heavy atom. The van der Waals surface area contributed by atoms with E-state index in [1.807, 2.05) is 23.4 Å². The summed E-state index contributed by atoms with van der Waals surface area (Å²) in [5, 5.41) is 11.2. The van der Waals surface area contributed by atoms with Crippen LogP contribution >= 0.6 is 11.3 Å². The highest BCUT2D eigenvalue weighted by atomic mass is 32.1. The minimum absolute atomic E-state index is 0.00861. The number of amides is 3. The Labute approximate surface area is 206 Å². The lowest BCUT2D eigenvalue weighted by Gasteiger charge is -2.37. The molecule has 34 heavy (non-hydrogen) atoms. The first kappa shape index (κ1) is 26.7. The number of carbonyl (C=O) groups excluding carboxylic acids is 2. The van der Waals surface area contributed by atoms with Crippen molar-refractivity contribution < 1.29 is 23.8 Å². The number of ether oxygens (including phenoxy) is 3. The summed E-state index contributed by atoms with van der Waals surface area (Å²) < 4.78 is 16.3. The molecule has 2 fully saturated rings. The van der Waals surface area contributed by atoms with Crippen molar-refractivity contribution in [1.82, 2.24) is 20.9 Å². The van der Waals surface area contributed by atoms with Gasteiger partial charge in [-0.3, -0.25) is 0 Å². The van der Waals surface area contributed by atoms with E-state index >= 15 is 0 Å². The maximum Gasteiger partial charge on any atom is 0.406 e. The maximum atomic E-state index is 13.2. The number of likely N-dealkylation sites (tertiary alicyclic amines) is 1. The minimum Gasteiger partial charge on any atom is -0.453 e. The van der Waals surface area contributed by atoms with Crippen molar-refractivity contribution in [2.24, 2.45) is 11.8 Å². The van der Waals surface area contributed by atoms with Gasteiger partial charge in [-0.1, -0.05) is 6.07 Å². The molecule has 2 saturated heterocycles. The second kappa shape index (κ2) is 14.5. The quantitative estimate of drug-likeness (QED) is 0.407. The summed E-state index contributed by atoms with van der Waals surface area (Å²) in [6.45, 7) is 4.57. The molecule has 0 saturated carbocycles. The van der Waals surface area contributed by atoms with E-state index in [2.05, 4.69) is 26.8 Å². The van der Waals surface area contributed by atoms with E-state index in [0.717, 1.165) is 63.3 Å².